The van der Waals surface area contributed by atoms with Crippen LogP contribution in [0.2, 0.25) is 5.02 Å². The molecular weight excluding hydrogens is 642 g/mol. The van der Waals surface area contributed by atoms with Crippen molar-refractivity contribution in [2.45, 2.75) is 17.9 Å². The van der Waals surface area contributed by atoms with Crippen molar-refractivity contribution in [3.8, 4) is 33.6 Å². The number of nitrogens with one attached hydrogen (secondary N) is 2. The molecule has 48 heavy (non-hydrogen) atoms. The Kier molecular flexibility index (Phi) is 8.36. The highest BCUT2D eigenvalue weighted by atomic mass is 35.5. The van der Waals surface area contributed by atoms with Crippen molar-refractivity contribution in [2.24, 2.45) is 7.05 Å². The van der Waals surface area contributed by atoms with E-state index in [9.17, 15) is 14.0 Å². The first kappa shape index (κ1) is 31.4. The maximum Gasteiger partial charge on any atom is 0.408 e. The second-order valence-corrected chi connectivity index (χ2v) is 12.2. The second-order valence-electron chi connectivity index (χ2n) is 11.8. The number of rotatable bonds is 9. The highest BCUT2D eigenvalue weighted by Crippen LogP contribution is 2.44. The number of aryl methyl sites for hydroxylation is 1. The monoisotopic (exact) mass is 670 g/mol. The van der Waals surface area contributed by atoms with Crippen LogP contribution in [0.25, 0.3) is 33.6 Å². The van der Waals surface area contributed by atoms with Crippen molar-refractivity contribution in [3.63, 3.8) is 0 Å². The Morgan fingerprint density at radius 1 is 0.979 bits per heavy atom. The quantitative estimate of drug-likeness (QED) is 0.214. The number of aromatic nitrogens is 4. The Morgan fingerprint density at radius 3 is 2.31 bits per heavy atom. The van der Waals surface area contributed by atoms with E-state index in [1.54, 1.807) is 19.2 Å². The van der Waals surface area contributed by atoms with Gasteiger partial charge in [0.25, 0.3) is 5.91 Å². The molecule has 4 aromatic carbocycles. The van der Waals surface area contributed by atoms with Crippen LogP contribution in [-0.2, 0) is 27.7 Å². The van der Waals surface area contributed by atoms with Gasteiger partial charge in [-0.15, -0.1) is 10.2 Å². The summed E-state index contributed by atoms with van der Waals surface area (Å²) < 4.78 is 41.2. The Morgan fingerprint density at radius 2 is 1.69 bits per heavy atom. The Labute approximate surface area is 279 Å². The predicted octanol–water partition coefficient (Wildman–Crippen LogP) is 5.44. The third kappa shape index (κ3) is 5.88. The van der Waals surface area contributed by atoms with Gasteiger partial charge in [0.2, 0.25) is 5.82 Å². The van der Waals surface area contributed by atoms with Gasteiger partial charge in [-0.1, -0.05) is 72.3 Å². The Bertz CT molecular complexity index is 2000. The van der Waals surface area contributed by atoms with Gasteiger partial charge in [0.1, 0.15) is 18.2 Å². The number of benzene rings is 4. The standard InChI is InChI=1S/C35H29ClF2N6O4/c1-44-42-32(41-43-44)31-27(15-22(36)16-30(31)38)21-11-10-20(29(37)14-21)12-13-39-33(45)35(18-47-19-35)40-34(46)48-17-28-25-8-4-2-6-23(25)24-7-3-5-9-26(24)28/h2-11,14-16,28H,12-13,17-19H2,1H3,(H,39,45)(H,40,46). The first-order chi connectivity index (χ1) is 23.2. The van der Waals surface area contributed by atoms with E-state index in [0.717, 1.165) is 28.3 Å². The van der Waals surface area contributed by atoms with Gasteiger partial charge in [-0.3, -0.25) is 4.79 Å². The molecule has 0 radical (unpaired) electrons. The molecule has 1 fully saturated rings. The molecule has 1 aliphatic carbocycles. The molecule has 1 aromatic heterocycles. The van der Waals surface area contributed by atoms with Gasteiger partial charge in [0, 0.05) is 17.5 Å². The average molecular weight is 671 g/mol. The van der Waals surface area contributed by atoms with Gasteiger partial charge in [-0.05, 0) is 68.8 Å². The van der Waals surface area contributed by atoms with E-state index in [1.165, 1.54) is 16.9 Å². The van der Waals surface area contributed by atoms with Gasteiger partial charge in [-0.25, -0.2) is 13.6 Å². The van der Waals surface area contributed by atoms with Crippen LogP contribution in [0.3, 0.4) is 0 Å². The van der Waals surface area contributed by atoms with Crippen molar-refractivity contribution in [2.75, 3.05) is 26.4 Å². The minimum Gasteiger partial charge on any atom is -0.449 e. The molecule has 0 spiro atoms. The Hall–Kier alpha value is -5.20. The summed E-state index contributed by atoms with van der Waals surface area (Å²) in [4.78, 5) is 27.3. The molecule has 2 amide bonds. The largest absolute Gasteiger partial charge is 0.449 e. The van der Waals surface area contributed by atoms with Crippen molar-refractivity contribution in [1.82, 2.24) is 30.8 Å². The molecule has 0 unspecified atom stereocenters. The molecule has 7 rings (SSSR count). The number of nitrogens with zero attached hydrogens (tertiary/aromatic N) is 4. The number of hydrogen-bond acceptors (Lipinski definition) is 7. The molecule has 13 heteroatoms. The zero-order valence-corrected chi connectivity index (χ0v) is 26.4. The number of fused-ring (bicyclic) bond motifs is 3. The zero-order valence-electron chi connectivity index (χ0n) is 25.7. The van der Waals surface area contributed by atoms with Crippen LogP contribution in [0, 0.1) is 11.6 Å². The highest BCUT2D eigenvalue weighted by Gasteiger charge is 2.48. The van der Waals surface area contributed by atoms with Crippen molar-refractivity contribution in [3.05, 3.63) is 112 Å². The lowest BCUT2D eigenvalue weighted by atomic mass is 9.95. The number of halogens is 3. The lowest BCUT2D eigenvalue weighted by molar-refractivity contribution is -0.147. The molecule has 1 aliphatic heterocycles. The molecule has 1 saturated heterocycles. The van der Waals surface area contributed by atoms with Gasteiger partial charge in [0.05, 0.1) is 25.8 Å². The summed E-state index contributed by atoms with van der Waals surface area (Å²) >= 11 is 6.12. The smallest absolute Gasteiger partial charge is 0.408 e. The van der Waals surface area contributed by atoms with Crippen LogP contribution in [-0.4, -0.2) is 64.1 Å². The van der Waals surface area contributed by atoms with E-state index in [-0.39, 0.29) is 55.1 Å². The number of ether oxygens (including phenoxy) is 2. The topological polar surface area (TPSA) is 120 Å². The summed E-state index contributed by atoms with van der Waals surface area (Å²) in [7, 11) is 1.55. The fraction of sp³-hybridized carbons (Fsp3) is 0.229. The van der Waals surface area contributed by atoms with Crippen LogP contribution < -0.4 is 10.6 Å². The highest BCUT2D eigenvalue weighted by molar-refractivity contribution is 6.31. The summed E-state index contributed by atoms with van der Waals surface area (Å²) in [5.41, 5.74) is 4.11. The van der Waals surface area contributed by atoms with E-state index >= 15 is 4.39 Å². The van der Waals surface area contributed by atoms with Crippen molar-refractivity contribution in [1.29, 1.82) is 0 Å². The maximum absolute atomic E-state index is 15.3. The van der Waals surface area contributed by atoms with E-state index in [2.05, 4.69) is 38.2 Å². The molecule has 2 heterocycles. The number of alkyl carbamates (subject to hydrolysis) is 1. The van der Waals surface area contributed by atoms with Gasteiger partial charge < -0.3 is 20.1 Å². The second kappa shape index (κ2) is 12.8. The summed E-state index contributed by atoms with van der Waals surface area (Å²) in [5.74, 6) is -1.78. The third-order valence-electron chi connectivity index (χ3n) is 8.65. The zero-order chi connectivity index (χ0) is 33.4. The SMILES string of the molecule is Cn1nnc(-c2c(F)cc(Cl)cc2-c2ccc(CCNC(=O)C3(NC(=O)OCC4c5ccccc5-c5ccccc54)COC3)c(F)c2)n1. The first-order valence-electron chi connectivity index (χ1n) is 15.2. The average Bonchev–Trinajstić information content (AvgIpc) is 3.62. The van der Waals surface area contributed by atoms with E-state index in [0.29, 0.717) is 16.7 Å². The van der Waals surface area contributed by atoms with Gasteiger partial charge in [-0.2, -0.15) is 4.80 Å². The number of carbonyl (C=O) groups is 2. The summed E-state index contributed by atoms with van der Waals surface area (Å²) in [6, 6.07) is 23.1. The number of carbonyl (C=O) groups excluding carboxylic acids is 2. The Balaban J connectivity index is 0.973. The molecular formula is C35H29ClF2N6O4. The third-order valence-corrected chi connectivity index (χ3v) is 8.87. The molecule has 244 valence electrons. The minimum atomic E-state index is -1.30. The molecule has 0 saturated carbocycles. The maximum atomic E-state index is 15.3. The number of tetrazole rings is 1. The van der Waals surface area contributed by atoms with E-state index in [4.69, 9.17) is 21.1 Å². The van der Waals surface area contributed by atoms with Crippen LogP contribution >= 0.6 is 11.6 Å². The van der Waals surface area contributed by atoms with Crippen LogP contribution in [0.4, 0.5) is 13.6 Å². The van der Waals surface area contributed by atoms with E-state index < -0.39 is 29.2 Å². The molecule has 5 aromatic rings. The molecule has 10 nitrogen and oxygen atoms in total. The van der Waals surface area contributed by atoms with Crippen LogP contribution in [0.15, 0.2) is 78.9 Å². The van der Waals surface area contributed by atoms with E-state index in [1.807, 2.05) is 36.4 Å². The minimum absolute atomic E-state index is 0.0226. The molecule has 2 N–H and O–H groups in total. The predicted molar refractivity (Wildman–Crippen MR) is 173 cm³/mol. The number of amides is 2. The normalized spacial score (nSPS) is 14.5. The fourth-order valence-corrected chi connectivity index (χ4v) is 6.41. The lowest BCUT2D eigenvalue weighted by Gasteiger charge is -2.39. The summed E-state index contributed by atoms with van der Waals surface area (Å²) in [6.07, 6.45) is -0.576. The van der Waals surface area contributed by atoms with Crippen molar-refractivity contribution < 1.29 is 27.8 Å². The van der Waals surface area contributed by atoms with Crippen LogP contribution in [0.5, 0.6) is 0 Å². The summed E-state index contributed by atoms with van der Waals surface area (Å²) in [6.45, 7) is 0.145. The fourth-order valence-electron chi connectivity index (χ4n) is 6.21. The number of hydrogen-bond donors (Lipinski definition) is 2. The van der Waals surface area contributed by atoms with Crippen LogP contribution in [0.1, 0.15) is 22.6 Å². The first-order valence-corrected chi connectivity index (χ1v) is 15.6. The molecule has 0 atom stereocenters. The summed E-state index contributed by atoms with van der Waals surface area (Å²) in [5, 5.41) is 17.3. The van der Waals surface area contributed by atoms with Gasteiger partial charge in [0.15, 0.2) is 5.54 Å². The van der Waals surface area contributed by atoms with Gasteiger partial charge >= 0.3 is 6.09 Å². The van der Waals surface area contributed by atoms with Crippen molar-refractivity contribution >= 4 is 23.6 Å². The molecule has 0 bridgehead atoms. The lowest BCUT2D eigenvalue weighted by Crippen LogP contribution is -2.70. The molecule has 2 aliphatic rings.